The fraction of sp³-hybridized carbons (Fsp3) is 0.312. The summed E-state index contributed by atoms with van der Waals surface area (Å²) in [6.45, 7) is 5.13. The first-order valence-corrected chi connectivity index (χ1v) is 6.70. The maximum atomic E-state index is 11.8. The molecule has 2 N–H and O–H groups in total. The van der Waals surface area contributed by atoms with Gasteiger partial charge in [-0.1, -0.05) is 12.6 Å². The predicted octanol–water partition coefficient (Wildman–Crippen LogP) is 2.10. The fourth-order valence-electron chi connectivity index (χ4n) is 1.74. The molecule has 22 heavy (non-hydrogen) atoms. The van der Waals surface area contributed by atoms with E-state index in [1.54, 1.807) is 6.92 Å². The van der Waals surface area contributed by atoms with Crippen LogP contribution in [0, 0.1) is 0 Å². The first-order chi connectivity index (χ1) is 10.3. The van der Waals surface area contributed by atoms with Gasteiger partial charge >= 0.3 is 11.9 Å². The number of benzene rings is 1. The molecule has 118 valence electrons. The quantitative estimate of drug-likeness (QED) is 0.433. The van der Waals surface area contributed by atoms with Crippen molar-refractivity contribution in [1.29, 1.82) is 0 Å². The molecule has 0 bridgehead atoms. The smallest absolute Gasteiger partial charge is 0.339 e. The Morgan fingerprint density at radius 1 is 1.27 bits per heavy atom. The van der Waals surface area contributed by atoms with Gasteiger partial charge in [-0.15, -0.1) is 0 Å². The van der Waals surface area contributed by atoms with Gasteiger partial charge in [0.15, 0.2) is 0 Å². The Labute approximate surface area is 128 Å². The average molecular weight is 306 g/mol. The Morgan fingerprint density at radius 3 is 2.50 bits per heavy atom. The molecule has 0 aliphatic rings. The number of ketones is 1. The summed E-state index contributed by atoms with van der Waals surface area (Å²) in [5.41, 5.74) is 0.634. The highest BCUT2D eigenvalue weighted by Gasteiger charge is 2.11. The van der Waals surface area contributed by atoms with E-state index in [2.05, 4.69) is 6.58 Å². The van der Waals surface area contributed by atoms with Crippen molar-refractivity contribution >= 4 is 17.7 Å². The molecule has 0 atom stereocenters. The summed E-state index contributed by atoms with van der Waals surface area (Å²) in [4.78, 5) is 33.6. The van der Waals surface area contributed by atoms with Crippen LogP contribution in [0.25, 0.3) is 0 Å². The second kappa shape index (κ2) is 7.97. The Bertz CT molecular complexity index is 603. The SMILES string of the molecule is C=C(C)C(=O)OCCCC(=O)Cc1ccc(C(=O)O)c(O)c1. The van der Waals surface area contributed by atoms with Crippen LogP contribution in [0.4, 0.5) is 0 Å². The second-order valence-electron chi connectivity index (χ2n) is 4.89. The van der Waals surface area contributed by atoms with E-state index in [9.17, 15) is 19.5 Å². The predicted molar refractivity (Wildman–Crippen MR) is 78.8 cm³/mol. The van der Waals surface area contributed by atoms with Gasteiger partial charge in [0.1, 0.15) is 17.1 Å². The van der Waals surface area contributed by atoms with Crippen molar-refractivity contribution in [2.75, 3.05) is 6.61 Å². The molecule has 0 saturated heterocycles. The van der Waals surface area contributed by atoms with Crippen LogP contribution in [-0.2, 0) is 20.7 Å². The number of carboxylic acid groups (broad SMARTS) is 1. The maximum absolute atomic E-state index is 11.8. The highest BCUT2D eigenvalue weighted by molar-refractivity contribution is 5.91. The van der Waals surface area contributed by atoms with Crippen molar-refractivity contribution in [2.24, 2.45) is 0 Å². The maximum Gasteiger partial charge on any atom is 0.339 e. The zero-order valence-electron chi connectivity index (χ0n) is 12.3. The molecule has 0 aliphatic heterocycles. The highest BCUT2D eigenvalue weighted by Crippen LogP contribution is 2.19. The molecule has 6 nitrogen and oxygen atoms in total. The molecular formula is C16H18O6. The summed E-state index contributed by atoms with van der Waals surface area (Å²) in [6.07, 6.45) is 0.712. The van der Waals surface area contributed by atoms with Crippen LogP contribution in [0.15, 0.2) is 30.4 Å². The lowest BCUT2D eigenvalue weighted by molar-refractivity contribution is -0.139. The van der Waals surface area contributed by atoms with Gasteiger partial charge in [0, 0.05) is 18.4 Å². The van der Waals surface area contributed by atoms with Crippen molar-refractivity contribution in [3.63, 3.8) is 0 Å². The van der Waals surface area contributed by atoms with Gasteiger partial charge in [-0.05, 0) is 31.0 Å². The molecule has 0 fully saturated rings. The molecule has 0 amide bonds. The van der Waals surface area contributed by atoms with Crippen molar-refractivity contribution < 1.29 is 29.3 Å². The lowest BCUT2D eigenvalue weighted by Gasteiger charge is -2.05. The molecule has 0 saturated carbocycles. The van der Waals surface area contributed by atoms with E-state index < -0.39 is 11.9 Å². The monoisotopic (exact) mass is 306 g/mol. The summed E-state index contributed by atoms with van der Waals surface area (Å²) in [5.74, 6) is -2.17. The number of esters is 1. The number of carboxylic acids is 1. The Morgan fingerprint density at radius 2 is 1.95 bits per heavy atom. The van der Waals surface area contributed by atoms with Gasteiger partial charge < -0.3 is 14.9 Å². The Balaban J connectivity index is 2.42. The number of aromatic carboxylic acids is 1. The van der Waals surface area contributed by atoms with Crippen molar-refractivity contribution in [1.82, 2.24) is 0 Å². The lowest BCUT2D eigenvalue weighted by atomic mass is 10.0. The van der Waals surface area contributed by atoms with Crippen LogP contribution < -0.4 is 0 Å². The molecule has 0 unspecified atom stereocenters. The summed E-state index contributed by atoms with van der Waals surface area (Å²) < 4.78 is 4.87. The summed E-state index contributed by atoms with van der Waals surface area (Å²) in [5, 5.41) is 18.3. The average Bonchev–Trinajstić information content (AvgIpc) is 2.42. The molecule has 0 aromatic heterocycles. The van der Waals surface area contributed by atoms with Gasteiger partial charge in [0.25, 0.3) is 0 Å². The standard InChI is InChI=1S/C16H18O6/c1-10(2)16(21)22-7-3-4-12(17)8-11-5-6-13(15(19)20)14(18)9-11/h5-6,9,18H,1,3-4,7-8H2,2H3,(H,19,20). The van der Waals surface area contributed by atoms with E-state index in [-0.39, 0.29) is 36.5 Å². The number of ether oxygens (including phenoxy) is 1. The second-order valence-corrected chi connectivity index (χ2v) is 4.89. The number of phenols is 1. The van der Waals surface area contributed by atoms with Gasteiger partial charge in [-0.3, -0.25) is 4.79 Å². The minimum atomic E-state index is -1.23. The van der Waals surface area contributed by atoms with Crippen molar-refractivity contribution in [3.05, 3.63) is 41.5 Å². The van der Waals surface area contributed by atoms with E-state index >= 15 is 0 Å². The van der Waals surface area contributed by atoms with Crippen molar-refractivity contribution in [3.8, 4) is 5.75 Å². The van der Waals surface area contributed by atoms with E-state index in [1.807, 2.05) is 0 Å². The van der Waals surface area contributed by atoms with E-state index in [0.29, 0.717) is 17.6 Å². The number of carbonyl (C=O) groups is 3. The van der Waals surface area contributed by atoms with Crippen LogP contribution in [0.2, 0.25) is 0 Å². The van der Waals surface area contributed by atoms with Crippen LogP contribution in [0.5, 0.6) is 5.75 Å². The first kappa shape index (κ1) is 17.4. The normalized spacial score (nSPS) is 10.0. The van der Waals surface area contributed by atoms with Gasteiger partial charge in [-0.25, -0.2) is 9.59 Å². The molecular weight excluding hydrogens is 288 g/mol. The van der Waals surface area contributed by atoms with Crippen LogP contribution >= 0.6 is 0 Å². The van der Waals surface area contributed by atoms with Crippen LogP contribution in [0.1, 0.15) is 35.7 Å². The highest BCUT2D eigenvalue weighted by atomic mass is 16.5. The largest absolute Gasteiger partial charge is 0.507 e. The molecule has 0 spiro atoms. The van der Waals surface area contributed by atoms with E-state index in [4.69, 9.17) is 9.84 Å². The molecule has 0 radical (unpaired) electrons. The zero-order chi connectivity index (χ0) is 16.7. The molecule has 0 aliphatic carbocycles. The number of hydrogen-bond donors (Lipinski definition) is 2. The van der Waals surface area contributed by atoms with Crippen LogP contribution in [-0.4, -0.2) is 34.5 Å². The third-order valence-electron chi connectivity index (χ3n) is 2.88. The first-order valence-electron chi connectivity index (χ1n) is 6.70. The lowest BCUT2D eigenvalue weighted by Crippen LogP contribution is -2.09. The van der Waals surface area contributed by atoms with E-state index in [0.717, 1.165) is 0 Å². The van der Waals surface area contributed by atoms with Crippen molar-refractivity contribution in [2.45, 2.75) is 26.2 Å². The minimum Gasteiger partial charge on any atom is -0.507 e. The number of aromatic hydroxyl groups is 1. The van der Waals surface area contributed by atoms with Crippen LogP contribution in [0.3, 0.4) is 0 Å². The molecule has 6 heteroatoms. The van der Waals surface area contributed by atoms with Gasteiger partial charge in [-0.2, -0.15) is 0 Å². The number of carbonyl (C=O) groups excluding carboxylic acids is 2. The third kappa shape index (κ3) is 5.40. The number of rotatable bonds is 8. The van der Waals surface area contributed by atoms with Gasteiger partial charge in [0.2, 0.25) is 0 Å². The number of hydrogen-bond acceptors (Lipinski definition) is 5. The topological polar surface area (TPSA) is 101 Å². The minimum absolute atomic E-state index is 0.0852. The van der Waals surface area contributed by atoms with Gasteiger partial charge in [0.05, 0.1) is 6.61 Å². The molecule has 1 rings (SSSR count). The summed E-state index contributed by atoms with van der Waals surface area (Å²) in [6, 6.07) is 4.01. The summed E-state index contributed by atoms with van der Waals surface area (Å²) in [7, 11) is 0. The molecule has 1 aromatic rings. The Kier molecular flexibility index (Phi) is 6.31. The Hall–Kier alpha value is -2.63. The molecule has 0 heterocycles. The third-order valence-corrected chi connectivity index (χ3v) is 2.88. The zero-order valence-corrected chi connectivity index (χ0v) is 12.3. The number of Topliss-reactive ketones (excluding diaryl/α,β-unsaturated/α-hetero) is 1. The summed E-state index contributed by atoms with van der Waals surface area (Å²) >= 11 is 0. The van der Waals surface area contributed by atoms with E-state index in [1.165, 1.54) is 18.2 Å². The fourth-order valence-corrected chi connectivity index (χ4v) is 1.74. The molecule has 1 aromatic carbocycles.